The highest BCUT2D eigenvalue weighted by atomic mass is 16.2. The Morgan fingerprint density at radius 1 is 1.18 bits per heavy atom. The molecule has 5 nitrogen and oxygen atoms in total. The Labute approximate surface area is 61.5 Å². The van der Waals surface area contributed by atoms with Crippen molar-refractivity contribution in [3.63, 3.8) is 0 Å². The van der Waals surface area contributed by atoms with Gasteiger partial charge in [0.15, 0.2) is 0 Å². The molecule has 0 saturated heterocycles. The molecule has 5 heteroatoms. The lowest BCUT2D eigenvalue weighted by atomic mass is 10.3. The molecule has 0 spiro atoms. The molecule has 0 bridgehead atoms. The second-order valence-electron chi connectivity index (χ2n) is 2.44. The first kappa shape index (κ1) is 6.21. The number of H-pyrrole nitrogens is 2. The zero-order chi connectivity index (χ0) is 7.84. The first-order valence-electron chi connectivity index (χ1n) is 3.37. The summed E-state index contributed by atoms with van der Waals surface area (Å²) < 4.78 is 0. The summed E-state index contributed by atoms with van der Waals surface area (Å²) >= 11 is 0. The molecule has 1 aliphatic heterocycles. The molecule has 1 aliphatic rings. The average molecular weight is 153 g/mol. The number of hydrogen-bond acceptors (Lipinski definition) is 3. The Hall–Kier alpha value is -1.52. The lowest BCUT2D eigenvalue weighted by Crippen LogP contribution is -2.24. The number of nitrogens with one attached hydrogen (secondary N) is 3. The van der Waals surface area contributed by atoms with E-state index in [4.69, 9.17) is 0 Å². The van der Waals surface area contributed by atoms with Crippen LogP contribution >= 0.6 is 0 Å². The second kappa shape index (κ2) is 1.98. The number of anilines is 1. The zero-order valence-corrected chi connectivity index (χ0v) is 5.73. The maximum absolute atomic E-state index is 11.0. The van der Waals surface area contributed by atoms with Crippen molar-refractivity contribution in [1.82, 2.24) is 9.97 Å². The topological polar surface area (TPSA) is 77.8 Å². The van der Waals surface area contributed by atoms with Crippen LogP contribution in [0.3, 0.4) is 0 Å². The smallest absolute Gasteiger partial charge is 0.327 e. The fourth-order valence-corrected chi connectivity index (χ4v) is 1.21. The summed E-state index contributed by atoms with van der Waals surface area (Å²) in [4.78, 5) is 26.4. The number of rotatable bonds is 0. The molecule has 2 heterocycles. The van der Waals surface area contributed by atoms with E-state index in [1.54, 1.807) is 0 Å². The van der Waals surface area contributed by atoms with Crippen molar-refractivity contribution in [2.75, 3.05) is 11.9 Å². The minimum absolute atomic E-state index is 0.284. The third-order valence-corrected chi connectivity index (χ3v) is 1.72. The normalized spacial score (nSPS) is 14.2. The van der Waals surface area contributed by atoms with Gasteiger partial charge in [0.2, 0.25) is 0 Å². The van der Waals surface area contributed by atoms with Crippen LogP contribution in [0.5, 0.6) is 0 Å². The maximum Gasteiger partial charge on any atom is 0.327 e. The molecule has 0 atom stereocenters. The molecule has 58 valence electrons. The number of aromatic nitrogens is 2. The molecule has 2 rings (SSSR count). The van der Waals surface area contributed by atoms with Gasteiger partial charge in [0.25, 0.3) is 5.56 Å². The average Bonchev–Trinajstić information content (AvgIpc) is 2.34. The summed E-state index contributed by atoms with van der Waals surface area (Å²) in [7, 11) is 0. The minimum atomic E-state index is -0.455. The van der Waals surface area contributed by atoms with Crippen LogP contribution in [0.15, 0.2) is 9.59 Å². The van der Waals surface area contributed by atoms with E-state index in [9.17, 15) is 9.59 Å². The minimum Gasteiger partial charge on any atom is -0.371 e. The van der Waals surface area contributed by atoms with E-state index in [1.807, 2.05) is 0 Å². The van der Waals surface area contributed by atoms with Crippen molar-refractivity contribution in [2.45, 2.75) is 6.42 Å². The summed E-state index contributed by atoms with van der Waals surface area (Å²) in [6.07, 6.45) is 0.682. The molecule has 0 aliphatic carbocycles. The van der Waals surface area contributed by atoms with Gasteiger partial charge in [0.1, 0.15) is 5.82 Å². The van der Waals surface area contributed by atoms with Crippen molar-refractivity contribution in [3.05, 3.63) is 26.4 Å². The van der Waals surface area contributed by atoms with Gasteiger partial charge >= 0.3 is 5.69 Å². The van der Waals surface area contributed by atoms with Crippen molar-refractivity contribution in [3.8, 4) is 0 Å². The molecule has 0 radical (unpaired) electrons. The number of fused-ring (bicyclic) bond motifs is 1. The number of aromatic amines is 2. The molecule has 0 unspecified atom stereocenters. The Bertz CT molecular complexity index is 390. The van der Waals surface area contributed by atoms with Crippen LogP contribution in [0.4, 0.5) is 5.82 Å². The Morgan fingerprint density at radius 2 is 2.00 bits per heavy atom. The Kier molecular flexibility index (Phi) is 1.12. The quantitative estimate of drug-likeness (QED) is 0.448. The lowest BCUT2D eigenvalue weighted by Gasteiger charge is -1.94. The van der Waals surface area contributed by atoms with E-state index >= 15 is 0 Å². The standard InChI is InChI=1S/C6H7N3O2/c10-5-3-1-2-7-4(3)8-6(11)9-5/h1-2H2,(H3,7,8,9,10,11). The predicted octanol–water partition coefficient (Wildman–Crippen LogP) is -0.969. The SMILES string of the molecule is O=c1[nH]c2c(c(=O)[nH]1)CCN2. The van der Waals surface area contributed by atoms with E-state index in [2.05, 4.69) is 15.3 Å². The van der Waals surface area contributed by atoms with Crippen molar-refractivity contribution >= 4 is 5.82 Å². The van der Waals surface area contributed by atoms with Gasteiger partial charge in [-0.2, -0.15) is 0 Å². The highest BCUT2D eigenvalue weighted by Gasteiger charge is 2.13. The molecular formula is C6H7N3O2. The van der Waals surface area contributed by atoms with Gasteiger partial charge in [-0.1, -0.05) is 0 Å². The Balaban J connectivity index is 2.80. The summed E-state index contributed by atoms with van der Waals surface area (Å²) in [5, 5.41) is 2.91. The maximum atomic E-state index is 11.0. The first-order chi connectivity index (χ1) is 5.27. The van der Waals surface area contributed by atoms with Crippen LogP contribution < -0.4 is 16.6 Å². The molecule has 0 aromatic carbocycles. The summed E-state index contributed by atoms with van der Waals surface area (Å²) in [5.74, 6) is 0.568. The van der Waals surface area contributed by atoms with E-state index in [0.29, 0.717) is 17.8 Å². The highest BCUT2D eigenvalue weighted by Crippen LogP contribution is 2.11. The van der Waals surface area contributed by atoms with E-state index in [-0.39, 0.29) is 5.56 Å². The third-order valence-electron chi connectivity index (χ3n) is 1.72. The van der Waals surface area contributed by atoms with Crippen molar-refractivity contribution < 1.29 is 0 Å². The Morgan fingerprint density at radius 3 is 2.82 bits per heavy atom. The lowest BCUT2D eigenvalue weighted by molar-refractivity contribution is 1.01. The molecule has 0 amide bonds. The van der Waals surface area contributed by atoms with Crippen LogP contribution in [0.1, 0.15) is 5.56 Å². The van der Waals surface area contributed by atoms with Gasteiger partial charge in [-0.25, -0.2) is 4.79 Å². The summed E-state index contributed by atoms with van der Waals surface area (Å²) in [6, 6.07) is 0. The zero-order valence-electron chi connectivity index (χ0n) is 5.73. The van der Waals surface area contributed by atoms with Crippen LogP contribution in [-0.4, -0.2) is 16.5 Å². The van der Waals surface area contributed by atoms with Crippen LogP contribution in [-0.2, 0) is 6.42 Å². The van der Waals surface area contributed by atoms with Gasteiger partial charge in [0, 0.05) is 6.54 Å². The molecule has 1 aromatic rings. The fraction of sp³-hybridized carbons (Fsp3) is 0.333. The molecule has 0 fully saturated rings. The van der Waals surface area contributed by atoms with Crippen LogP contribution in [0.25, 0.3) is 0 Å². The van der Waals surface area contributed by atoms with Crippen LogP contribution in [0, 0.1) is 0 Å². The van der Waals surface area contributed by atoms with Crippen molar-refractivity contribution in [1.29, 1.82) is 0 Å². The molecule has 3 N–H and O–H groups in total. The van der Waals surface area contributed by atoms with E-state index in [0.717, 1.165) is 6.54 Å². The van der Waals surface area contributed by atoms with E-state index < -0.39 is 5.69 Å². The first-order valence-corrected chi connectivity index (χ1v) is 3.37. The predicted molar refractivity (Wildman–Crippen MR) is 39.9 cm³/mol. The summed E-state index contributed by atoms with van der Waals surface area (Å²) in [5.41, 5.74) is -0.0958. The molecule has 11 heavy (non-hydrogen) atoms. The summed E-state index contributed by atoms with van der Waals surface area (Å²) in [6.45, 7) is 0.721. The molecular weight excluding hydrogens is 146 g/mol. The third kappa shape index (κ3) is 0.849. The monoisotopic (exact) mass is 153 g/mol. The van der Waals surface area contributed by atoms with Gasteiger partial charge in [-0.15, -0.1) is 0 Å². The molecule has 0 saturated carbocycles. The molecule has 1 aromatic heterocycles. The van der Waals surface area contributed by atoms with Crippen LogP contribution in [0.2, 0.25) is 0 Å². The van der Waals surface area contributed by atoms with Gasteiger partial charge in [-0.05, 0) is 6.42 Å². The number of hydrogen-bond donors (Lipinski definition) is 3. The van der Waals surface area contributed by atoms with E-state index in [1.165, 1.54) is 0 Å². The fourth-order valence-electron chi connectivity index (χ4n) is 1.21. The second-order valence-corrected chi connectivity index (χ2v) is 2.44. The largest absolute Gasteiger partial charge is 0.371 e. The highest BCUT2D eigenvalue weighted by molar-refractivity contribution is 5.46. The van der Waals surface area contributed by atoms with Crippen molar-refractivity contribution in [2.24, 2.45) is 0 Å². The van der Waals surface area contributed by atoms with Gasteiger partial charge in [-0.3, -0.25) is 14.8 Å². The van der Waals surface area contributed by atoms with Gasteiger partial charge in [0.05, 0.1) is 5.56 Å². The van der Waals surface area contributed by atoms with Gasteiger partial charge < -0.3 is 5.32 Å².